The summed E-state index contributed by atoms with van der Waals surface area (Å²) >= 11 is 0. The average molecular weight is 495 g/mol. The van der Waals surface area contributed by atoms with Gasteiger partial charge in [0.1, 0.15) is 34.6 Å². The normalized spacial score (nSPS) is 16.1. The predicted octanol–water partition coefficient (Wildman–Crippen LogP) is 4.98. The van der Waals surface area contributed by atoms with Crippen molar-refractivity contribution in [1.82, 2.24) is 9.97 Å². The van der Waals surface area contributed by atoms with Gasteiger partial charge in [-0.3, -0.25) is 0 Å². The van der Waals surface area contributed by atoms with Gasteiger partial charge in [0, 0.05) is 73.0 Å². The number of fused-ring (bicyclic) bond motifs is 4. The number of rotatable bonds is 4. The van der Waals surface area contributed by atoms with E-state index in [0.717, 1.165) is 89.5 Å². The Morgan fingerprint density at radius 2 is 1.05 bits per heavy atom. The van der Waals surface area contributed by atoms with Crippen molar-refractivity contribution in [2.24, 2.45) is 0 Å². The molecule has 0 aliphatic carbocycles. The molecule has 2 aromatic carbocycles. The van der Waals surface area contributed by atoms with Gasteiger partial charge in [-0.25, -0.2) is 9.97 Å². The first-order valence-corrected chi connectivity index (χ1v) is 12.5. The summed E-state index contributed by atoms with van der Waals surface area (Å²) in [6.45, 7) is 4.18. The van der Waals surface area contributed by atoms with Gasteiger partial charge < -0.3 is 28.7 Å². The van der Waals surface area contributed by atoms with Crippen LogP contribution in [0.15, 0.2) is 73.1 Å². The minimum absolute atomic E-state index is 0.250. The van der Waals surface area contributed by atoms with E-state index >= 15 is 0 Å². The quantitative estimate of drug-likeness (QED) is 0.393. The maximum absolute atomic E-state index is 5.65. The second-order valence-corrected chi connectivity index (χ2v) is 9.27. The van der Waals surface area contributed by atoms with Crippen molar-refractivity contribution in [3.8, 4) is 45.3 Å². The first-order valence-electron chi connectivity index (χ1n) is 12.5. The standard InChI is InChI=1S/C29H26N4O4/c1-10-32(28-8-2-20(16-30-28)24-6-4-22-14-26(24)36-18-34-22)12-13-33(11-1)29-9-3-21(17-31-29)25-7-5-23-15-27(25)37-19-35-23/h2-9,14-17H,1,10-13,18-19H2. The highest BCUT2D eigenvalue weighted by Gasteiger charge is 2.19. The van der Waals surface area contributed by atoms with E-state index in [9.17, 15) is 0 Å². The van der Waals surface area contributed by atoms with E-state index in [-0.39, 0.29) is 13.6 Å². The maximum atomic E-state index is 5.65. The van der Waals surface area contributed by atoms with Crippen molar-refractivity contribution in [3.05, 3.63) is 73.1 Å². The Kier molecular flexibility index (Phi) is 5.42. The molecule has 0 spiro atoms. The zero-order valence-electron chi connectivity index (χ0n) is 20.3. The maximum Gasteiger partial charge on any atom is 0.230 e. The largest absolute Gasteiger partial charge is 0.457 e. The number of hydrogen-bond acceptors (Lipinski definition) is 8. The lowest BCUT2D eigenvalue weighted by molar-refractivity contribution is 0.106. The summed E-state index contributed by atoms with van der Waals surface area (Å²) in [6, 6.07) is 20.3. The molecule has 2 aromatic heterocycles. The van der Waals surface area contributed by atoms with E-state index in [4.69, 9.17) is 28.9 Å². The minimum Gasteiger partial charge on any atom is -0.457 e. The third-order valence-corrected chi connectivity index (χ3v) is 7.05. The van der Waals surface area contributed by atoms with Gasteiger partial charge in [-0.2, -0.15) is 0 Å². The van der Waals surface area contributed by atoms with Crippen molar-refractivity contribution in [3.63, 3.8) is 0 Å². The first-order chi connectivity index (χ1) is 18.3. The number of anilines is 2. The van der Waals surface area contributed by atoms with Crippen LogP contribution < -0.4 is 28.7 Å². The van der Waals surface area contributed by atoms with E-state index < -0.39 is 0 Å². The fourth-order valence-electron chi connectivity index (χ4n) is 5.06. The number of benzene rings is 2. The summed E-state index contributed by atoms with van der Waals surface area (Å²) in [5.41, 5.74) is 4.13. The molecule has 1 fully saturated rings. The Morgan fingerprint density at radius 3 is 1.51 bits per heavy atom. The molecule has 1 saturated heterocycles. The van der Waals surface area contributed by atoms with E-state index in [1.165, 1.54) is 0 Å². The van der Waals surface area contributed by atoms with E-state index in [2.05, 4.69) is 34.1 Å². The Labute approximate surface area is 215 Å². The molecule has 4 bridgehead atoms. The summed E-state index contributed by atoms with van der Waals surface area (Å²) in [7, 11) is 0. The topological polar surface area (TPSA) is 69.2 Å². The van der Waals surface area contributed by atoms with Crippen LogP contribution in [-0.2, 0) is 0 Å². The van der Waals surface area contributed by atoms with Crippen molar-refractivity contribution < 1.29 is 18.9 Å². The molecule has 8 nitrogen and oxygen atoms in total. The smallest absolute Gasteiger partial charge is 0.230 e. The summed E-state index contributed by atoms with van der Waals surface area (Å²) in [4.78, 5) is 14.3. The highest BCUT2D eigenvalue weighted by Crippen LogP contribution is 2.37. The molecular formula is C29H26N4O4. The van der Waals surface area contributed by atoms with Crippen molar-refractivity contribution in [2.75, 3.05) is 49.6 Å². The van der Waals surface area contributed by atoms with Crippen molar-refractivity contribution in [1.29, 1.82) is 0 Å². The SMILES string of the molecule is c1cc(-c2ccc(N3CCCN(c4ccc(-c5ccc6cc5OCO6)cn4)CC3)nc2)c2cc1OCO2. The van der Waals surface area contributed by atoms with Gasteiger partial charge in [0.15, 0.2) is 0 Å². The Morgan fingerprint density at radius 1 is 0.541 bits per heavy atom. The lowest BCUT2D eigenvalue weighted by Crippen LogP contribution is -2.31. The van der Waals surface area contributed by atoms with Gasteiger partial charge in [-0.05, 0) is 55.0 Å². The molecular weight excluding hydrogens is 468 g/mol. The molecule has 7 rings (SSSR count). The van der Waals surface area contributed by atoms with Crippen LogP contribution in [0.4, 0.5) is 11.6 Å². The number of ether oxygens (including phenoxy) is 4. The third kappa shape index (κ3) is 4.24. The molecule has 0 amide bonds. The molecule has 37 heavy (non-hydrogen) atoms. The van der Waals surface area contributed by atoms with Gasteiger partial charge in [0.25, 0.3) is 0 Å². The fourth-order valence-corrected chi connectivity index (χ4v) is 5.06. The van der Waals surface area contributed by atoms with Crippen LogP contribution in [-0.4, -0.2) is 49.7 Å². The Hall–Kier alpha value is -4.46. The second-order valence-electron chi connectivity index (χ2n) is 9.27. The van der Waals surface area contributed by atoms with E-state index in [0.29, 0.717) is 0 Å². The van der Waals surface area contributed by atoms with Crippen LogP contribution in [0.25, 0.3) is 22.3 Å². The van der Waals surface area contributed by atoms with Gasteiger partial charge in [-0.1, -0.05) is 0 Å². The third-order valence-electron chi connectivity index (χ3n) is 7.05. The molecule has 0 unspecified atom stereocenters. The first kappa shape index (κ1) is 21.8. The lowest BCUT2D eigenvalue weighted by atomic mass is 10.1. The zero-order chi connectivity index (χ0) is 24.6. The fraction of sp³-hybridized carbons (Fsp3) is 0.241. The van der Waals surface area contributed by atoms with Crippen LogP contribution in [0.2, 0.25) is 0 Å². The summed E-state index contributed by atoms with van der Waals surface area (Å²) < 4.78 is 22.1. The molecule has 0 atom stereocenters. The minimum atomic E-state index is 0.250. The Bertz CT molecular complexity index is 1320. The molecule has 0 saturated carbocycles. The molecule has 0 radical (unpaired) electrons. The van der Waals surface area contributed by atoms with E-state index in [1.807, 2.05) is 48.8 Å². The monoisotopic (exact) mass is 494 g/mol. The number of nitrogens with zero attached hydrogens (tertiary/aromatic N) is 4. The predicted molar refractivity (Wildman–Crippen MR) is 141 cm³/mol. The molecule has 0 N–H and O–H groups in total. The van der Waals surface area contributed by atoms with Crippen molar-refractivity contribution in [2.45, 2.75) is 6.42 Å². The van der Waals surface area contributed by atoms with E-state index in [1.54, 1.807) is 0 Å². The molecule has 3 aliphatic rings. The van der Waals surface area contributed by atoms with Crippen LogP contribution in [0.5, 0.6) is 23.0 Å². The van der Waals surface area contributed by atoms with Crippen molar-refractivity contribution >= 4 is 11.6 Å². The molecule has 8 heteroatoms. The Balaban J connectivity index is 1.03. The van der Waals surface area contributed by atoms with Gasteiger partial charge in [0.05, 0.1) is 0 Å². The van der Waals surface area contributed by atoms with Crippen LogP contribution >= 0.6 is 0 Å². The number of aromatic nitrogens is 2. The summed E-state index contributed by atoms with van der Waals surface area (Å²) in [5, 5.41) is 0. The van der Waals surface area contributed by atoms with Gasteiger partial charge >= 0.3 is 0 Å². The van der Waals surface area contributed by atoms with Gasteiger partial charge in [-0.15, -0.1) is 0 Å². The molecule has 5 heterocycles. The van der Waals surface area contributed by atoms with Crippen LogP contribution in [0, 0.1) is 0 Å². The summed E-state index contributed by atoms with van der Waals surface area (Å²) in [6.07, 6.45) is 4.89. The molecule has 4 aromatic rings. The lowest BCUT2D eigenvalue weighted by Gasteiger charge is -2.24. The number of hydrogen-bond donors (Lipinski definition) is 0. The second kappa shape index (κ2) is 9.20. The van der Waals surface area contributed by atoms with Crippen LogP contribution in [0.1, 0.15) is 6.42 Å². The molecule has 186 valence electrons. The number of pyridine rings is 2. The molecule has 3 aliphatic heterocycles. The zero-order valence-corrected chi connectivity index (χ0v) is 20.3. The summed E-state index contributed by atoms with van der Waals surface area (Å²) in [5.74, 6) is 5.32. The van der Waals surface area contributed by atoms with Crippen LogP contribution in [0.3, 0.4) is 0 Å². The average Bonchev–Trinajstić information content (AvgIpc) is 3.21. The highest BCUT2D eigenvalue weighted by molar-refractivity contribution is 5.73. The van der Waals surface area contributed by atoms with Gasteiger partial charge in [0.2, 0.25) is 13.6 Å². The highest BCUT2D eigenvalue weighted by atomic mass is 16.7.